The van der Waals surface area contributed by atoms with E-state index in [0.717, 1.165) is 83.2 Å². The van der Waals surface area contributed by atoms with Crippen molar-refractivity contribution >= 4 is 34.1 Å². The van der Waals surface area contributed by atoms with Gasteiger partial charge >= 0.3 is 0 Å². The number of hydrogen-bond donors (Lipinski definition) is 0. The van der Waals surface area contributed by atoms with Gasteiger partial charge in [0.25, 0.3) is 11.5 Å². The number of benzene rings is 2. The number of ether oxygens (including phenoxy) is 2. The molecular weight excluding hydrogens is 687 g/mol. The van der Waals surface area contributed by atoms with Gasteiger partial charge < -0.3 is 18.9 Å². The lowest BCUT2D eigenvalue weighted by molar-refractivity contribution is -0.129. The predicted molar refractivity (Wildman–Crippen MR) is 207 cm³/mol. The van der Waals surface area contributed by atoms with Gasteiger partial charge in [0.05, 0.1) is 31.2 Å². The third-order valence-electron chi connectivity index (χ3n) is 10.5. The highest BCUT2D eigenvalue weighted by Gasteiger charge is 2.31. The quantitative estimate of drug-likeness (QED) is 0.138. The zero-order chi connectivity index (χ0) is 37.2. The number of piperazine rings is 1. The summed E-state index contributed by atoms with van der Waals surface area (Å²) in [6, 6.07) is 14.3. The minimum atomic E-state index is -0.249. The molecule has 5 aromatic rings. The topological polar surface area (TPSA) is 117 Å². The second kappa shape index (κ2) is 15.3. The van der Waals surface area contributed by atoms with E-state index in [9.17, 15) is 14.9 Å². The molecule has 5 heterocycles. The summed E-state index contributed by atoms with van der Waals surface area (Å²) in [6.07, 6.45) is 9.28. The summed E-state index contributed by atoms with van der Waals surface area (Å²) < 4.78 is 13.5. The van der Waals surface area contributed by atoms with Gasteiger partial charge in [-0.05, 0) is 72.2 Å². The number of aryl methyl sites for hydroxylation is 2. The van der Waals surface area contributed by atoms with E-state index in [-0.39, 0.29) is 23.1 Å². The molecule has 2 aromatic carbocycles. The number of aromatic nitrogens is 3. The number of nitriles is 1. The molecule has 1 atom stereocenters. The van der Waals surface area contributed by atoms with E-state index in [4.69, 9.17) is 9.47 Å². The first-order valence-corrected chi connectivity index (χ1v) is 18.6. The van der Waals surface area contributed by atoms with E-state index in [1.807, 2.05) is 36.2 Å². The van der Waals surface area contributed by atoms with E-state index in [1.165, 1.54) is 22.5 Å². The lowest BCUT2D eigenvalue weighted by atomic mass is 9.89. The van der Waals surface area contributed by atoms with Crippen LogP contribution in [0.3, 0.4) is 0 Å². The second-order valence-corrected chi connectivity index (χ2v) is 14.9. The van der Waals surface area contributed by atoms with E-state index < -0.39 is 0 Å². The zero-order valence-electron chi connectivity index (χ0n) is 30.8. The van der Waals surface area contributed by atoms with Crippen molar-refractivity contribution in [1.29, 1.82) is 5.26 Å². The van der Waals surface area contributed by atoms with Gasteiger partial charge in [-0.25, -0.2) is 4.98 Å². The van der Waals surface area contributed by atoms with Gasteiger partial charge in [-0.15, -0.1) is 11.3 Å². The molecule has 0 spiro atoms. The Morgan fingerprint density at radius 1 is 1.02 bits per heavy atom. The van der Waals surface area contributed by atoms with E-state index >= 15 is 0 Å². The van der Waals surface area contributed by atoms with Crippen molar-refractivity contribution in [3.8, 4) is 28.7 Å². The average molecular weight is 730 g/mol. The molecule has 0 radical (unpaired) electrons. The Kier molecular flexibility index (Phi) is 10.4. The standard InChI is InChI=1S/C41H43N7O4S/c1-26-21-44-39(53-26)19-30(20-42)40(49)48-12-10-32-28(7-6-8-31(32)27(48)2)23-46-13-15-47(16-14-46)25-36-37(51-4)17-29(18-38(36)52-5)35-24-45(3)41(50)34-22-43-11-9-33(34)35/h6-9,11,17-19,21-22,24,27H,10,12-16,23,25H2,1-5H3/b30-19-. The molecule has 1 unspecified atom stereocenters. The molecule has 3 aromatic heterocycles. The zero-order valence-corrected chi connectivity index (χ0v) is 31.6. The fraction of sp³-hybridized carbons (Fsp3) is 0.341. The van der Waals surface area contributed by atoms with Crippen LogP contribution in [0.15, 0.2) is 71.6 Å². The Balaban J connectivity index is 1.03. The first-order chi connectivity index (χ1) is 25.7. The lowest BCUT2D eigenvalue weighted by Gasteiger charge is -2.38. The number of carbonyl (C=O) groups is 1. The van der Waals surface area contributed by atoms with Gasteiger partial charge in [0.2, 0.25) is 0 Å². The predicted octanol–water partition coefficient (Wildman–Crippen LogP) is 5.75. The molecule has 1 fully saturated rings. The summed E-state index contributed by atoms with van der Waals surface area (Å²) in [5.41, 5.74) is 6.58. The largest absolute Gasteiger partial charge is 0.496 e. The molecule has 0 aliphatic carbocycles. The maximum Gasteiger partial charge on any atom is 0.265 e. The van der Waals surface area contributed by atoms with Crippen LogP contribution >= 0.6 is 11.3 Å². The second-order valence-electron chi connectivity index (χ2n) is 13.7. The molecule has 0 N–H and O–H groups in total. The summed E-state index contributed by atoms with van der Waals surface area (Å²) in [5.74, 6) is 1.23. The van der Waals surface area contributed by atoms with Crippen molar-refractivity contribution in [2.75, 3.05) is 46.9 Å². The highest BCUT2D eigenvalue weighted by Crippen LogP contribution is 2.38. The number of fused-ring (bicyclic) bond motifs is 2. The number of nitrogens with zero attached hydrogens (tertiary/aromatic N) is 7. The lowest BCUT2D eigenvalue weighted by Crippen LogP contribution is -2.45. The van der Waals surface area contributed by atoms with Crippen molar-refractivity contribution < 1.29 is 14.3 Å². The van der Waals surface area contributed by atoms with Crippen LogP contribution in [-0.2, 0) is 31.4 Å². The summed E-state index contributed by atoms with van der Waals surface area (Å²) in [6.45, 7) is 9.71. The molecular formula is C41H43N7O4S. The number of hydrogen-bond acceptors (Lipinski definition) is 10. The minimum Gasteiger partial charge on any atom is -0.496 e. The van der Waals surface area contributed by atoms with Crippen molar-refractivity contribution in [2.24, 2.45) is 7.05 Å². The molecule has 1 saturated heterocycles. The SMILES string of the molecule is COc1cc(-c2cn(C)c(=O)c3cnccc23)cc(OC)c1CN1CCN(Cc2cccc3c2CCN(C(=O)/C(C#N)=C\c2ncc(C)s2)C3C)CC1. The fourth-order valence-electron chi connectivity index (χ4n) is 7.64. The van der Waals surface area contributed by atoms with Crippen LogP contribution in [0.4, 0.5) is 0 Å². The minimum absolute atomic E-state index is 0.0895. The molecule has 0 bridgehead atoms. The summed E-state index contributed by atoms with van der Waals surface area (Å²) in [7, 11) is 5.12. The Morgan fingerprint density at radius 2 is 1.74 bits per heavy atom. The van der Waals surface area contributed by atoms with Gasteiger partial charge in [0.15, 0.2) is 0 Å². The number of thiazole rings is 1. The Morgan fingerprint density at radius 3 is 2.40 bits per heavy atom. The third-order valence-corrected chi connectivity index (χ3v) is 11.4. The van der Waals surface area contributed by atoms with Crippen LogP contribution in [0.25, 0.3) is 28.0 Å². The van der Waals surface area contributed by atoms with Gasteiger partial charge in [-0.2, -0.15) is 5.26 Å². The smallest absolute Gasteiger partial charge is 0.265 e. The number of carbonyl (C=O) groups excluding carboxylic acids is 1. The van der Waals surface area contributed by atoms with Gasteiger partial charge in [0, 0.05) is 88.1 Å². The number of rotatable bonds is 9. The molecule has 53 heavy (non-hydrogen) atoms. The Labute approximate surface area is 313 Å². The van der Waals surface area contributed by atoms with Crippen LogP contribution in [0.2, 0.25) is 0 Å². The Hall–Kier alpha value is -5.35. The summed E-state index contributed by atoms with van der Waals surface area (Å²) in [5, 5.41) is 11.9. The molecule has 7 rings (SSSR count). The maximum atomic E-state index is 13.5. The number of amides is 1. The number of pyridine rings is 2. The Bertz CT molecular complexity index is 2290. The van der Waals surface area contributed by atoms with Crippen LogP contribution in [-0.4, -0.2) is 82.1 Å². The maximum absolute atomic E-state index is 13.5. The fourth-order valence-corrected chi connectivity index (χ4v) is 8.35. The molecule has 2 aliphatic rings. The monoisotopic (exact) mass is 729 g/mol. The van der Waals surface area contributed by atoms with Crippen LogP contribution < -0.4 is 15.0 Å². The molecule has 2 aliphatic heterocycles. The molecule has 12 heteroatoms. The normalized spacial score (nSPS) is 16.7. The first-order valence-electron chi connectivity index (χ1n) is 17.8. The summed E-state index contributed by atoms with van der Waals surface area (Å²) >= 11 is 1.47. The molecule has 11 nitrogen and oxygen atoms in total. The average Bonchev–Trinajstić information content (AvgIpc) is 3.60. The first kappa shape index (κ1) is 36.0. The molecule has 0 saturated carbocycles. The van der Waals surface area contributed by atoms with Gasteiger partial charge in [-0.3, -0.25) is 24.4 Å². The van der Waals surface area contributed by atoms with E-state index in [1.54, 1.807) is 50.5 Å². The highest BCUT2D eigenvalue weighted by molar-refractivity contribution is 7.12. The van der Waals surface area contributed by atoms with Gasteiger partial charge in [0.1, 0.15) is 28.1 Å². The van der Waals surface area contributed by atoms with E-state index in [2.05, 4.69) is 51.0 Å². The molecule has 272 valence electrons. The van der Waals surface area contributed by atoms with E-state index in [0.29, 0.717) is 23.5 Å². The van der Waals surface area contributed by atoms with Crippen molar-refractivity contribution in [3.05, 3.63) is 109 Å². The van der Waals surface area contributed by atoms with Crippen LogP contribution in [0.5, 0.6) is 11.5 Å². The van der Waals surface area contributed by atoms with Crippen LogP contribution in [0, 0.1) is 18.3 Å². The van der Waals surface area contributed by atoms with Crippen molar-refractivity contribution in [3.63, 3.8) is 0 Å². The van der Waals surface area contributed by atoms with Crippen molar-refractivity contribution in [2.45, 2.75) is 39.4 Å². The third kappa shape index (κ3) is 7.20. The van der Waals surface area contributed by atoms with Crippen molar-refractivity contribution in [1.82, 2.24) is 29.2 Å². The summed E-state index contributed by atoms with van der Waals surface area (Å²) in [4.78, 5) is 42.6. The van der Waals surface area contributed by atoms with Crippen LogP contribution in [0.1, 0.15) is 45.1 Å². The number of methoxy groups -OCH3 is 2. The van der Waals surface area contributed by atoms with Gasteiger partial charge in [-0.1, -0.05) is 18.2 Å². The highest BCUT2D eigenvalue weighted by atomic mass is 32.1. The molecule has 1 amide bonds.